The minimum atomic E-state index is -0.175. The number of methoxy groups -OCH3 is 3. The highest BCUT2D eigenvalue weighted by molar-refractivity contribution is 7.99. The van der Waals surface area contributed by atoms with Gasteiger partial charge in [0.1, 0.15) is 17.2 Å². The maximum Gasteiger partial charge on any atom is 0.234 e. The molecule has 1 aromatic heterocycles. The van der Waals surface area contributed by atoms with Crippen LogP contribution in [0.3, 0.4) is 0 Å². The molecule has 0 aliphatic heterocycles. The van der Waals surface area contributed by atoms with E-state index in [1.165, 1.54) is 11.8 Å². The summed E-state index contributed by atoms with van der Waals surface area (Å²) in [6, 6.07) is 20.8. The smallest absolute Gasteiger partial charge is 0.234 e. The molecule has 0 aliphatic carbocycles. The van der Waals surface area contributed by atoms with Crippen molar-refractivity contribution in [2.45, 2.75) is 12.1 Å². The first-order valence-corrected chi connectivity index (χ1v) is 11.8. The van der Waals surface area contributed by atoms with Crippen molar-refractivity contribution in [3.63, 3.8) is 0 Å². The van der Waals surface area contributed by atoms with Crippen LogP contribution in [-0.2, 0) is 4.79 Å². The molecule has 0 bridgehead atoms. The molecule has 0 aliphatic rings. The molecule has 1 amide bonds. The van der Waals surface area contributed by atoms with Crippen molar-refractivity contribution >= 4 is 23.4 Å². The van der Waals surface area contributed by atoms with E-state index in [0.717, 1.165) is 22.6 Å². The molecule has 35 heavy (non-hydrogen) atoms. The predicted octanol–water partition coefficient (Wildman–Crippen LogP) is 5.00. The lowest BCUT2D eigenvalue weighted by atomic mass is 10.2. The highest BCUT2D eigenvalue weighted by atomic mass is 32.2. The van der Waals surface area contributed by atoms with Crippen LogP contribution in [0, 0.1) is 6.92 Å². The molecule has 0 unspecified atom stereocenters. The van der Waals surface area contributed by atoms with Crippen molar-refractivity contribution in [1.82, 2.24) is 14.8 Å². The molecular weight excluding hydrogens is 464 g/mol. The van der Waals surface area contributed by atoms with Gasteiger partial charge in [0.15, 0.2) is 11.0 Å². The van der Waals surface area contributed by atoms with E-state index in [4.69, 9.17) is 14.2 Å². The van der Waals surface area contributed by atoms with Crippen molar-refractivity contribution in [3.8, 4) is 34.3 Å². The second-order valence-electron chi connectivity index (χ2n) is 7.61. The van der Waals surface area contributed by atoms with E-state index in [9.17, 15) is 4.79 Å². The average molecular weight is 491 g/mol. The van der Waals surface area contributed by atoms with Gasteiger partial charge in [0.05, 0.1) is 32.8 Å². The number of hydrogen-bond acceptors (Lipinski definition) is 7. The van der Waals surface area contributed by atoms with Gasteiger partial charge in [-0.1, -0.05) is 30.0 Å². The summed E-state index contributed by atoms with van der Waals surface area (Å²) in [5.74, 6) is 2.67. The molecule has 8 nitrogen and oxygen atoms in total. The Morgan fingerprint density at radius 1 is 0.914 bits per heavy atom. The Hall–Kier alpha value is -3.98. The number of hydrogen-bond donors (Lipinski definition) is 1. The standard InChI is InChI=1S/C26H26N4O4S/c1-17-8-13-23(34-4)22(14-17)27-24(31)16-35-26-29-28-25(18-6-5-7-21(15-18)33-3)30(26)19-9-11-20(32-2)12-10-19/h5-15H,16H2,1-4H3,(H,27,31). The summed E-state index contributed by atoms with van der Waals surface area (Å²) in [4.78, 5) is 12.8. The lowest BCUT2D eigenvalue weighted by Gasteiger charge is -2.13. The maximum absolute atomic E-state index is 12.8. The van der Waals surface area contributed by atoms with Crippen molar-refractivity contribution in [3.05, 3.63) is 72.3 Å². The number of carbonyl (C=O) groups excluding carboxylic acids is 1. The zero-order valence-electron chi connectivity index (χ0n) is 19.9. The lowest BCUT2D eigenvalue weighted by molar-refractivity contribution is -0.113. The molecule has 0 spiro atoms. The quantitative estimate of drug-likeness (QED) is 0.330. The van der Waals surface area contributed by atoms with Gasteiger partial charge >= 0.3 is 0 Å². The number of carbonyl (C=O) groups is 1. The fourth-order valence-electron chi connectivity index (χ4n) is 3.51. The van der Waals surface area contributed by atoms with E-state index in [1.54, 1.807) is 21.3 Å². The van der Waals surface area contributed by atoms with Gasteiger partial charge in [-0.3, -0.25) is 9.36 Å². The van der Waals surface area contributed by atoms with Crippen LogP contribution in [0.5, 0.6) is 17.2 Å². The molecule has 0 saturated carbocycles. The van der Waals surface area contributed by atoms with E-state index >= 15 is 0 Å². The van der Waals surface area contributed by atoms with E-state index in [1.807, 2.05) is 78.2 Å². The number of aryl methyl sites for hydroxylation is 1. The first kappa shape index (κ1) is 24.2. The van der Waals surface area contributed by atoms with E-state index < -0.39 is 0 Å². The van der Waals surface area contributed by atoms with Crippen molar-refractivity contribution in [1.29, 1.82) is 0 Å². The summed E-state index contributed by atoms with van der Waals surface area (Å²) in [5.41, 5.74) is 3.34. The molecule has 0 atom stereocenters. The van der Waals surface area contributed by atoms with Crippen LogP contribution in [-0.4, -0.2) is 47.8 Å². The van der Waals surface area contributed by atoms with Gasteiger partial charge in [0.25, 0.3) is 0 Å². The highest BCUT2D eigenvalue weighted by Gasteiger charge is 2.18. The Morgan fingerprint density at radius 2 is 1.69 bits per heavy atom. The van der Waals surface area contributed by atoms with Gasteiger partial charge in [-0.25, -0.2) is 0 Å². The summed E-state index contributed by atoms with van der Waals surface area (Å²) in [7, 11) is 4.82. The molecule has 1 N–H and O–H groups in total. The Kier molecular flexibility index (Phi) is 7.57. The molecule has 0 saturated heterocycles. The molecule has 4 rings (SSSR count). The highest BCUT2D eigenvalue weighted by Crippen LogP contribution is 2.31. The number of thioether (sulfide) groups is 1. The minimum absolute atomic E-state index is 0.142. The number of ether oxygens (including phenoxy) is 3. The topological polar surface area (TPSA) is 87.5 Å². The summed E-state index contributed by atoms with van der Waals surface area (Å²) in [6.45, 7) is 1.96. The number of rotatable bonds is 9. The van der Waals surface area contributed by atoms with Gasteiger partial charge in [-0.05, 0) is 61.0 Å². The van der Waals surface area contributed by atoms with Crippen LogP contribution in [0.1, 0.15) is 5.56 Å². The van der Waals surface area contributed by atoms with Crippen LogP contribution < -0.4 is 19.5 Å². The van der Waals surface area contributed by atoms with Gasteiger partial charge in [0.2, 0.25) is 5.91 Å². The van der Waals surface area contributed by atoms with Crippen LogP contribution in [0.15, 0.2) is 71.9 Å². The van der Waals surface area contributed by atoms with E-state index in [2.05, 4.69) is 15.5 Å². The maximum atomic E-state index is 12.8. The number of benzene rings is 3. The number of nitrogens with zero attached hydrogens (tertiary/aromatic N) is 3. The van der Waals surface area contributed by atoms with Crippen molar-refractivity contribution in [2.24, 2.45) is 0 Å². The summed E-state index contributed by atoms with van der Waals surface area (Å²) >= 11 is 1.30. The van der Waals surface area contributed by atoms with Gasteiger partial charge in [-0.2, -0.15) is 0 Å². The van der Waals surface area contributed by atoms with Crippen molar-refractivity contribution < 1.29 is 19.0 Å². The molecule has 0 fully saturated rings. The van der Waals surface area contributed by atoms with Crippen LogP contribution in [0.2, 0.25) is 0 Å². The van der Waals surface area contributed by atoms with Crippen LogP contribution >= 0.6 is 11.8 Å². The molecule has 3 aromatic carbocycles. The third kappa shape index (κ3) is 5.58. The zero-order valence-corrected chi connectivity index (χ0v) is 20.8. The Morgan fingerprint density at radius 3 is 2.40 bits per heavy atom. The lowest BCUT2D eigenvalue weighted by Crippen LogP contribution is -2.15. The molecular formula is C26H26N4O4S. The fourth-order valence-corrected chi connectivity index (χ4v) is 4.26. The number of anilines is 1. The van der Waals surface area contributed by atoms with Gasteiger partial charge in [0, 0.05) is 11.3 Å². The molecule has 1 heterocycles. The molecule has 0 radical (unpaired) electrons. The SMILES string of the molecule is COc1ccc(-n2c(SCC(=O)Nc3cc(C)ccc3OC)nnc2-c2cccc(OC)c2)cc1. The molecule has 4 aromatic rings. The minimum Gasteiger partial charge on any atom is -0.497 e. The van der Waals surface area contributed by atoms with Crippen molar-refractivity contribution in [2.75, 3.05) is 32.4 Å². The van der Waals surface area contributed by atoms with Crippen LogP contribution in [0.25, 0.3) is 17.1 Å². The fraction of sp³-hybridized carbons (Fsp3) is 0.192. The zero-order chi connectivity index (χ0) is 24.8. The normalized spacial score (nSPS) is 10.6. The van der Waals surface area contributed by atoms with Gasteiger partial charge in [-0.15, -0.1) is 10.2 Å². The Bertz CT molecular complexity index is 1320. The Balaban J connectivity index is 1.62. The predicted molar refractivity (Wildman–Crippen MR) is 137 cm³/mol. The van der Waals surface area contributed by atoms with E-state index in [0.29, 0.717) is 28.2 Å². The first-order valence-electron chi connectivity index (χ1n) is 10.8. The number of nitrogens with one attached hydrogen (secondary N) is 1. The molecule has 9 heteroatoms. The third-order valence-electron chi connectivity index (χ3n) is 5.25. The third-order valence-corrected chi connectivity index (χ3v) is 6.18. The Labute approximate surface area is 208 Å². The second kappa shape index (κ2) is 11.0. The summed E-state index contributed by atoms with van der Waals surface area (Å²) < 4.78 is 18.0. The van der Waals surface area contributed by atoms with Gasteiger partial charge < -0.3 is 19.5 Å². The number of amides is 1. The van der Waals surface area contributed by atoms with E-state index in [-0.39, 0.29) is 11.7 Å². The second-order valence-corrected chi connectivity index (χ2v) is 8.55. The summed E-state index contributed by atoms with van der Waals surface area (Å²) in [6.07, 6.45) is 0. The monoisotopic (exact) mass is 490 g/mol. The average Bonchev–Trinajstić information content (AvgIpc) is 3.31. The first-order chi connectivity index (χ1) is 17.0. The largest absolute Gasteiger partial charge is 0.497 e. The summed E-state index contributed by atoms with van der Waals surface area (Å²) in [5, 5.41) is 12.3. The van der Waals surface area contributed by atoms with Crippen LogP contribution in [0.4, 0.5) is 5.69 Å². The number of aromatic nitrogens is 3. The molecule has 180 valence electrons.